The van der Waals surface area contributed by atoms with Crippen LogP contribution in [0.3, 0.4) is 0 Å². The first kappa shape index (κ1) is 31.8. The first-order valence-electron chi connectivity index (χ1n) is 9.05. The Hall–Kier alpha value is -2.15. The third-order valence-corrected chi connectivity index (χ3v) is 4.25. The summed E-state index contributed by atoms with van der Waals surface area (Å²) >= 11 is -0.826. The number of Topliss-reactive ketones (excluding diaryl/α,β-unsaturated/α-hetero) is 1. The molecule has 0 fully saturated rings. The fraction of sp³-hybridized carbons (Fsp3) is 0.300. The van der Waals surface area contributed by atoms with Crippen molar-refractivity contribution in [2.75, 3.05) is 28.4 Å². The first-order chi connectivity index (χ1) is 15.7. The molecule has 10 nitrogen and oxygen atoms in total. The molecule has 14 heteroatoms. The van der Waals surface area contributed by atoms with Gasteiger partial charge in [0.15, 0.2) is 17.0 Å². The normalized spacial score (nSPS) is 9.41. The van der Waals surface area contributed by atoms with Crippen molar-refractivity contribution in [1.29, 1.82) is 0 Å². The van der Waals surface area contributed by atoms with Crippen LogP contribution in [0.25, 0.3) is 10.9 Å². The van der Waals surface area contributed by atoms with Gasteiger partial charge in [0.1, 0.15) is 28.6 Å². The fourth-order valence-corrected chi connectivity index (χ4v) is 2.89. The van der Waals surface area contributed by atoms with Crippen LogP contribution in [-0.4, -0.2) is 63.2 Å². The zero-order valence-electron chi connectivity index (χ0n) is 19.1. The molecule has 0 N–H and O–H groups in total. The zero-order valence-corrected chi connectivity index (χ0v) is 24.3. The Morgan fingerprint density at radius 1 is 0.971 bits per heavy atom. The number of ketones is 1. The Balaban J connectivity index is 0.000000562. The molecule has 0 unspecified atom stereocenters. The standard InChI is InChI=1S/C10H11NO5.C10H11NO3.3ClH.Sn/c1-6(12)9-7(15-2)4-5-8(16-3)10(9)11(13)14;1-6-9-7(12-2)4-5-8(13-3)10(9)11-14-6;;;;/h4-5H,1-3H3;4-5H,1-3H3;3*1H;/q;;;;;+2/p-2. The van der Waals surface area contributed by atoms with Gasteiger partial charge in [0, 0.05) is 0 Å². The molecule has 2 aromatic carbocycles. The summed E-state index contributed by atoms with van der Waals surface area (Å²) in [5.41, 5.74) is 0.255. The average molecular weight is 644 g/mol. The summed E-state index contributed by atoms with van der Waals surface area (Å²) in [7, 11) is 15.7. The number of hydrogen-bond donors (Lipinski definition) is 0. The molecule has 0 saturated carbocycles. The molecule has 186 valence electrons. The van der Waals surface area contributed by atoms with Gasteiger partial charge in [-0.25, -0.2) is 0 Å². The van der Waals surface area contributed by atoms with E-state index in [0.717, 1.165) is 16.9 Å². The van der Waals surface area contributed by atoms with Crippen LogP contribution in [0, 0.1) is 17.0 Å². The summed E-state index contributed by atoms with van der Waals surface area (Å²) in [4.78, 5) is 21.6. The van der Waals surface area contributed by atoms with Crippen LogP contribution in [0.5, 0.6) is 23.0 Å². The van der Waals surface area contributed by atoms with E-state index < -0.39 is 29.6 Å². The number of aromatic nitrogens is 1. The summed E-state index contributed by atoms with van der Waals surface area (Å²) < 4.78 is 25.2. The monoisotopic (exact) mass is 644 g/mol. The van der Waals surface area contributed by atoms with Crippen LogP contribution < -0.4 is 18.9 Å². The number of ether oxygens (including phenoxy) is 4. The molecule has 3 rings (SSSR count). The second-order valence-electron chi connectivity index (χ2n) is 6.01. The molecular formula is C20H23Cl3N2O8Sn. The van der Waals surface area contributed by atoms with Gasteiger partial charge in [-0.3, -0.25) is 14.9 Å². The minimum atomic E-state index is -0.826. The second-order valence-corrected chi connectivity index (χ2v) is 10.3. The van der Waals surface area contributed by atoms with E-state index in [0.29, 0.717) is 11.3 Å². The van der Waals surface area contributed by atoms with Gasteiger partial charge in [-0.05, 0) is 38.1 Å². The van der Waals surface area contributed by atoms with E-state index >= 15 is 0 Å². The van der Waals surface area contributed by atoms with E-state index in [4.69, 9.17) is 41.3 Å². The van der Waals surface area contributed by atoms with Crippen molar-refractivity contribution in [3.05, 3.63) is 45.7 Å². The van der Waals surface area contributed by atoms with Gasteiger partial charge in [-0.2, -0.15) is 0 Å². The number of carbonyl (C=O) groups excluding carboxylic acids is 1. The van der Waals surface area contributed by atoms with Gasteiger partial charge in [-0.15, -0.1) is 12.4 Å². The molecule has 2 radical (unpaired) electrons. The van der Waals surface area contributed by atoms with E-state index in [1.807, 2.05) is 19.1 Å². The number of nitro benzene ring substituents is 1. The van der Waals surface area contributed by atoms with E-state index in [1.165, 1.54) is 33.3 Å². The topological polar surface area (TPSA) is 123 Å². The van der Waals surface area contributed by atoms with Gasteiger partial charge in [0.05, 0.1) is 38.7 Å². The molecule has 1 heterocycles. The predicted molar refractivity (Wildman–Crippen MR) is 133 cm³/mol. The number of fused-ring (bicyclic) bond motifs is 1. The van der Waals surface area contributed by atoms with Gasteiger partial charge in [0.2, 0.25) is 0 Å². The van der Waals surface area contributed by atoms with Crippen LogP contribution in [0.1, 0.15) is 23.0 Å². The van der Waals surface area contributed by atoms with Crippen molar-refractivity contribution < 1.29 is 33.2 Å². The molecule has 0 saturated heterocycles. The van der Waals surface area contributed by atoms with Crippen molar-refractivity contribution in [2.24, 2.45) is 0 Å². The SMILES string of the molecule is COc1ccc(OC)c([N+](=O)[O-])c1C(C)=O.COc1ccc(OC)c2c(C)onc12.Cl.[Cl][Sn][Cl]. The fourth-order valence-electron chi connectivity index (χ4n) is 2.89. The number of nitro groups is 1. The Kier molecular flexibility index (Phi) is 14.7. The first-order valence-corrected chi connectivity index (χ1v) is 16.3. The maximum atomic E-state index is 11.4. The number of hydrogen-bond acceptors (Lipinski definition) is 9. The summed E-state index contributed by atoms with van der Waals surface area (Å²) in [6.45, 7) is 3.08. The third kappa shape index (κ3) is 7.69. The van der Waals surface area contributed by atoms with Gasteiger partial charge in [-0.1, -0.05) is 5.16 Å². The molecule has 0 amide bonds. The molecule has 0 spiro atoms. The summed E-state index contributed by atoms with van der Waals surface area (Å²) in [6, 6.07) is 6.50. The van der Waals surface area contributed by atoms with Crippen molar-refractivity contribution in [3.8, 4) is 23.0 Å². The summed E-state index contributed by atoms with van der Waals surface area (Å²) in [5.74, 6) is 1.94. The Labute approximate surface area is 220 Å². The predicted octanol–water partition coefficient (Wildman–Crippen LogP) is 5.39. The molecule has 0 aliphatic rings. The van der Waals surface area contributed by atoms with Gasteiger partial charge >= 0.3 is 42.4 Å². The summed E-state index contributed by atoms with van der Waals surface area (Å²) in [5, 5.41) is 15.7. The quantitative estimate of drug-likeness (QED) is 0.151. The van der Waals surface area contributed by atoms with Crippen LogP contribution in [0.4, 0.5) is 5.69 Å². The number of benzene rings is 2. The van der Waals surface area contributed by atoms with Gasteiger partial charge < -0.3 is 23.5 Å². The number of aryl methyl sites for hydroxylation is 1. The third-order valence-electron chi connectivity index (χ3n) is 4.25. The molecule has 0 bridgehead atoms. The van der Waals surface area contributed by atoms with Crippen molar-refractivity contribution in [3.63, 3.8) is 0 Å². The minimum absolute atomic E-state index is 0. The second kappa shape index (κ2) is 15.7. The van der Waals surface area contributed by atoms with E-state index in [-0.39, 0.29) is 35.2 Å². The Bertz CT molecular complexity index is 1070. The molecular weight excluding hydrogens is 621 g/mol. The maximum absolute atomic E-state index is 11.4. The van der Waals surface area contributed by atoms with Crippen molar-refractivity contribution >= 4 is 71.5 Å². The number of methoxy groups -OCH3 is 4. The average Bonchev–Trinajstić information content (AvgIpc) is 3.20. The molecule has 0 aliphatic carbocycles. The Morgan fingerprint density at radius 2 is 1.41 bits per heavy atom. The Morgan fingerprint density at radius 3 is 1.85 bits per heavy atom. The van der Waals surface area contributed by atoms with E-state index in [1.54, 1.807) is 14.2 Å². The number of rotatable bonds is 6. The number of nitrogens with zero attached hydrogens (tertiary/aromatic N) is 2. The number of carbonyl (C=O) groups is 1. The molecule has 0 aliphatic heterocycles. The van der Waals surface area contributed by atoms with Crippen LogP contribution in [0.2, 0.25) is 0 Å². The van der Waals surface area contributed by atoms with Crippen LogP contribution in [0.15, 0.2) is 28.8 Å². The van der Waals surface area contributed by atoms with Crippen LogP contribution in [-0.2, 0) is 0 Å². The summed E-state index contributed by atoms with van der Waals surface area (Å²) in [6.07, 6.45) is 0. The molecule has 34 heavy (non-hydrogen) atoms. The van der Waals surface area contributed by atoms with E-state index in [2.05, 4.69) is 5.16 Å². The molecule has 0 atom stereocenters. The van der Waals surface area contributed by atoms with Crippen LogP contribution >= 0.6 is 30.2 Å². The number of halogens is 3. The molecule has 3 aromatic rings. The zero-order chi connectivity index (χ0) is 25.1. The van der Waals surface area contributed by atoms with E-state index in [9.17, 15) is 14.9 Å². The van der Waals surface area contributed by atoms with Crippen molar-refractivity contribution in [1.82, 2.24) is 5.16 Å². The molecule has 1 aromatic heterocycles. The van der Waals surface area contributed by atoms with Crippen molar-refractivity contribution in [2.45, 2.75) is 13.8 Å². The van der Waals surface area contributed by atoms with Gasteiger partial charge in [0.25, 0.3) is 0 Å².